The Morgan fingerprint density at radius 1 is 1.04 bits per heavy atom. The summed E-state index contributed by atoms with van der Waals surface area (Å²) in [6.45, 7) is 4.84. The summed E-state index contributed by atoms with van der Waals surface area (Å²) >= 11 is 0. The normalized spacial score (nSPS) is 10.2. The summed E-state index contributed by atoms with van der Waals surface area (Å²) in [6, 6.07) is 10.6. The lowest BCUT2D eigenvalue weighted by atomic mass is 10.0. The van der Waals surface area contributed by atoms with Crippen molar-refractivity contribution in [1.29, 1.82) is 0 Å². The molecule has 0 saturated carbocycles. The number of ketones is 1. The third kappa shape index (κ3) is 5.41. The maximum atomic E-state index is 12.1. The van der Waals surface area contributed by atoms with Crippen LogP contribution in [0.5, 0.6) is 5.75 Å². The standard InChI is InChI=1S/C21H23NO5/c1-13-6-5-7-14(2)21(13)22-19(24)12-27-20(25)11-17-10-16(15(3)23)8-9-18(17)26-4/h5-10H,11-12H2,1-4H3,(H,22,24). The average Bonchev–Trinajstić information content (AvgIpc) is 2.63. The molecule has 6 nitrogen and oxygen atoms in total. The van der Waals surface area contributed by atoms with Gasteiger partial charge in [0.25, 0.3) is 5.91 Å². The molecule has 6 heteroatoms. The lowest BCUT2D eigenvalue weighted by Gasteiger charge is -2.12. The zero-order chi connectivity index (χ0) is 20.0. The van der Waals surface area contributed by atoms with Crippen molar-refractivity contribution in [3.8, 4) is 5.75 Å². The predicted octanol–water partition coefficient (Wildman–Crippen LogP) is 3.24. The third-order valence-electron chi connectivity index (χ3n) is 4.13. The van der Waals surface area contributed by atoms with Crippen molar-refractivity contribution in [1.82, 2.24) is 0 Å². The highest BCUT2D eigenvalue weighted by Gasteiger charge is 2.14. The van der Waals surface area contributed by atoms with Gasteiger partial charge < -0.3 is 14.8 Å². The summed E-state index contributed by atoms with van der Waals surface area (Å²) in [4.78, 5) is 35.7. The van der Waals surface area contributed by atoms with Gasteiger partial charge in [0.15, 0.2) is 12.4 Å². The van der Waals surface area contributed by atoms with E-state index in [9.17, 15) is 14.4 Å². The minimum Gasteiger partial charge on any atom is -0.496 e. The highest BCUT2D eigenvalue weighted by molar-refractivity contribution is 5.95. The van der Waals surface area contributed by atoms with E-state index in [0.717, 1.165) is 16.8 Å². The van der Waals surface area contributed by atoms with Gasteiger partial charge in [-0.2, -0.15) is 0 Å². The summed E-state index contributed by atoms with van der Waals surface area (Å²) in [6.07, 6.45) is -0.0963. The van der Waals surface area contributed by atoms with Gasteiger partial charge in [-0.1, -0.05) is 18.2 Å². The fraction of sp³-hybridized carbons (Fsp3) is 0.286. The minimum absolute atomic E-state index is 0.0963. The van der Waals surface area contributed by atoms with Crippen LogP contribution in [0.3, 0.4) is 0 Å². The lowest BCUT2D eigenvalue weighted by molar-refractivity contribution is -0.146. The van der Waals surface area contributed by atoms with E-state index in [-0.39, 0.29) is 18.8 Å². The van der Waals surface area contributed by atoms with Gasteiger partial charge in [0.2, 0.25) is 0 Å². The van der Waals surface area contributed by atoms with E-state index in [4.69, 9.17) is 9.47 Å². The van der Waals surface area contributed by atoms with Gasteiger partial charge in [-0.05, 0) is 50.1 Å². The highest BCUT2D eigenvalue weighted by Crippen LogP contribution is 2.22. The molecule has 0 saturated heterocycles. The van der Waals surface area contributed by atoms with Crippen molar-refractivity contribution in [3.63, 3.8) is 0 Å². The number of ether oxygens (including phenoxy) is 2. The maximum Gasteiger partial charge on any atom is 0.310 e. The number of esters is 1. The smallest absolute Gasteiger partial charge is 0.310 e. The number of hydrogen-bond acceptors (Lipinski definition) is 5. The number of anilines is 1. The number of hydrogen-bond donors (Lipinski definition) is 1. The Hall–Kier alpha value is -3.15. The molecule has 27 heavy (non-hydrogen) atoms. The molecule has 0 aliphatic carbocycles. The first-order chi connectivity index (χ1) is 12.8. The first-order valence-electron chi connectivity index (χ1n) is 8.51. The van der Waals surface area contributed by atoms with Crippen LogP contribution in [0.1, 0.15) is 34.0 Å². The van der Waals surface area contributed by atoms with Gasteiger partial charge in [0.05, 0.1) is 13.5 Å². The second-order valence-corrected chi connectivity index (χ2v) is 6.24. The molecule has 0 fully saturated rings. The molecule has 2 rings (SSSR count). The molecular formula is C21H23NO5. The Morgan fingerprint density at radius 3 is 2.30 bits per heavy atom. The van der Waals surface area contributed by atoms with Gasteiger partial charge in [-0.3, -0.25) is 14.4 Å². The fourth-order valence-electron chi connectivity index (χ4n) is 2.68. The van der Waals surface area contributed by atoms with Gasteiger partial charge in [-0.15, -0.1) is 0 Å². The van der Waals surface area contributed by atoms with Gasteiger partial charge in [-0.25, -0.2) is 0 Å². The summed E-state index contributed by atoms with van der Waals surface area (Å²) in [7, 11) is 1.48. The van der Waals surface area contributed by atoms with Crippen molar-refractivity contribution in [2.75, 3.05) is 19.0 Å². The molecule has 0 aliphatic heterocycles. The Bertz CT molecular complexity index is 853. The van der Waals surface area contributed by atoms with Gasteiger partial charge >= 0.3 is 5.97 Å². The number of para-hydroxylation sites is 1. The summed E-state index contributed by atoms with van der Waals surface area (Å²) in [5.74, 6) is -0.618. The SMILES string of the molecule is COc1ccc(C(C)=O)cc1CC(=O)OCC(=O)Nc1c(C)cccc1C. The van der Waals surface area contributed by atoms with Crippen LogP contribution in [0.15, 0.2) is 36.4 Å². The van der Waals surface area contributed by atoms with Crippen molar-refractivity contribution in [3.05, 3.63) is 58.7 Å². The Balaban J connectivity index is 1.97. The van der Waals surface area contributed by atoms with Crippen LogP contribution in [0.2, 0.25) is 0 Å². The molecule has 142 valence electrons. The second-order valence-electron chi connectivity index (χ2n) is 6.24. The Morgan fingerprint density at radius 2 is 1.70 bits per heavy atom. The summed E-state index contributed by atoms with van der Waals surface area (Å²) < 4.78 is 10.3. The summed E-state index contributed by atoms with van der Waals surface area (Å²) in [5.41, 5.74) is 3.59. The van der Waals surface area contributed by atoms with Crippen molar-refractivity contribution >= 4 is 23.3 Å². The summed E-state index contributed by atoms with van der Waals surface area (Å²) in [5, 5.41) is 2.76. The molecule has 0 heterocycles. The Kier molecular flexibility index (Phi) is 6.71. The van der Waals surface area contributed by atoms with Crippen molar-refractivity contribution in [2.45, 2.75) is 27.2 Å². The minimum atomic E-state index is -0.578. The van der Waals surface area contributed by atoms with Crippen molar-refractivity contribution in [2.24, 2.45) is 0 Å². The monoisotopic (exact) mass is 369 g/mol. The molecule has 2 aromatic rings. The molecule has 0 atom stereocenters. The molecule has 0 aromatic heterocycles. The molecule has 0 aliphatic rings. The predicted molar refractivity (Wildman–Crippen MR) is 102 cm³/mol. The highest BCUT2D eigenvalue weighted by atomic mass is 16.5. The quantitative estimate of drug-likeness (QED) is 0.598. The number of nitrogens with one attached hydrogen (secondary N) is 1. The fourth-order valence-corrected chi connectivity index (χ4v) is 2.68. The number of carbonyl (C=O) groups excluding carboxylic acids is 3. The van der Waals surface area contributed by atoms with Crippen LogP contribution in [0.25, 0.3) is 0 Å². The van der Waals surface area contributed by atoms with Crippen LogP contribution in [-0.2, 0) is 20.7 Å². The van der Waals surface area contributed by atoms with E-state index in [2.05, 4.69) is 5.32 Å². The third-order valence-corrected chi connectivity index (χ3v) is 4.13. The molecule has 1 N–H and O–H groups in total. The first-order valence-corrected chi connectivity index (χ1v) is 8.51. The van der Waals surface area contributed by atoms with E-state index in [1.54, 1.807) is 18.2 Å². The van der Waals surface area contributed by atoms with Crippen LogP contribution in [0.4, 0.5) is 5.69 Å². The topological polar surface area (TPSA) is 81.7 Å². The molecule has 0 radical (unpaired) electrons. The average molecular weight is 369 g/mol. The number of Topliss-reactive ketones (excluding diaryl/α,β-unsaturated/α-hetero) is 1. The van der Waals surface area contributed by atoms with Gasteiger partial charge in [0.1, 0.15) is 5.75 Å². The van der Waals surface area contributed by atoms with Crippen LogP contribution in [0, 0.1) is 13.8 Å². The molecular weight excluding hydrogens is 346 g/mol. The number of methoxy groups -OCH3 is 1. The van der Waals surface area contributed by atoms with Crippen LogP contribution in [-0.4, -0.2) is 31.4 Å². The molecule has 2 aromatic carbocycles. The van der Waals surface area contributed by atoms with E-state index >= 15 is 0 Å². The van der Waals surface area contributed by atoms with E-state index in [1.165, 1.54) is 14.0 Å². The number of aryl methyl sites for hydroxylation is 2. The molecule has 0 bridgehead atoms. The van der Waals surface area contributed by atoms with Crippen LogP contribution >= 0.6 is 0 Å². The zero-order valence-corrected chi connectivity index (χ0v) is 15.9. The second kappa shape index (κ2) is 8.98. The Labute approximate surface area is 158 Å². The molecule has 1 amide bonds. The van der Waals surface area contributed by atoms with Crippen molar-refractivity contribution < 1.29 is 23.9 Å². The van der Waals surface area contributed by atoms with E-state index in [1.807, 2.05) is 32.0 Å². The number of carbonyl (C=O) groups is 3. The number of amides is 1. The largest absolute Gasteiger partial charge is 0.496 e. The molecule has 0 spiro atoms. The number of rotatable bonds is 7. The van der Waals surface area contributed by atoms with Crippen LogP contribution < -0.4 is 10.1 Å². The molecule has 0 unspecified atom stereocenters. The number of benzene rings is 2. The van der Waals surface area contributed by atoms with E-state index < -0.39 is 11.9 Å². The first kappa shape index (κ1) is 20.2. The maximum absolute atomic E-state index is 12.1. The van der Waals surface area contributed by atoms with E-state index in [0.29, 0.717) is 16.9 Å². The van der Waals surface area contributed by atoms with Gasteiger partial charge in [0, 0.05) is 16.8 Å². The lowest BCUT2D eigenvalue weighted by Crippen LogP contribution is -2.22. The zero-order valence-electron chi connectivity index (χ0n) is 15.9.